The van der Waals surface area contributed by atoms with E-state index in [1.165, 1.54) is 10.4 Å². The number of amides is 1. The van der Waals surface area contributed by atoms with Crippen LogP contribution in [0, 0.1) is 12.8 Å². The van der Waals surface area contributed by atoms with Crippen LogP contribution in [0.4, 0.5) is 0 Å². The number of morpholine rings is 1. The predicted octanol–water partition coefficient (Wildman–Crippen LogP) is 0.745. The Bertz CT molecular complexity index is 739. The van der Waals surface area contributed by atoms with Gasteiger partial charge in [-0.25, -0.2) is 8.42 Å². The molecule has 8 heteroatoms. The van der Waals surface area contributed by atoms with Crippen molar-refractivity contribution >= 4 is 15.9 Å². The van der Waals surface area contributed by atoms with Crippen LogP contribution < -0.4 is 10.6 Å². The fourth-order valence-electron chi connectivity index (χ4n) is 3.38. The maximum absolute atomic E-state index is 12.9. The Balaban J connectivity index is 1.73. The number of sulfonamides is 1. The third kappa shape index (κ3) is 4.43. The second-order valence-corrected chi connectivity index (χ2v) is 8.83. The molecule has 0 spiro atoms. The molecule has 2 fully saturated rings. The number of rotatable bonds is 5. The Morgan fingerprint density at radius 2 is 2.12 bits per heavy atom. The minimum atomic E-state index is -3.62. The molecule has 2 heterocycles. The zero-order chi connectivity index (χ0) is 18.6. The number of carbonyl (C=O) groups is 1. The van der Waals surface area contributed by atoms with Crippen molar-refractivity contribution in [3.8, 4) is 0 Å². The van der Waals surface area contributed by atoms with Gasteiger partial charge in [-0.05, 0) is 56.5 Å². The van der Waals surface area contributed by atoms with Gasteiger partial charge in [0, 0.05) is 25.2 Å². The number of aryl methyl sites for hydroxylation is 1. The largest absolute Gasteiger partial charge is 0.379 e. The summed E-state index contributed by atoms with van der Waals surface area (Å²) in [5.41, 5.74) is 1.02. The van der Waals surface area contributed by atoms with Crippen LogP contribution in [-0.4, -0.2) is 64.6 Å². The van der Waals surface area contributed by atoms with Crippen LogP contribution in [0.2, 0.25) is 0 Å². The van der Waals surface area contributed by atoms with Gasteiger partial charge in [0.25, 0.3) is 5.91 Å². The molecule has 2 N–H and O–H groups in total. The maximum atomic E-state index is 12.9. The highest BCUT2D eigenvalue weighted by atomic mass is 32.2. The fourth-order valence-corrected chi connectivity index (χ4v) is 5.04. The lowest BCUT2D eigenvalue weighted by Gasteiger charge is -2.27. The van der Waals surface area contributed by atoms with Crippen molar-refractivity contribution in [2.24, 2.45) is 5.92 Å². The smallest absolute Gasteiger partial charge is 0.251 e. The molecule has 1 atom stereocenters. The van der Waals surface area contributed by atoms with E-state index < -0.39 is 10.0 Å². The topological polar surface area (TPSA) is 87.7 Å². The lowest BCUT2D eigenvalue weighted by molar-refractivity contribution is 0.0730. The van der Waals surface area contributed by atoms with Gasteiger partial charge in [-0.15, -0.1) is 0 Å². The highest BCUT2D eigenvalue weighted by Gasteiger charge is 2.28. The SMILES string of the molecule is Cc1ccc(C(=O)NCC2CCCNC2)cc1S(=O)(=O)N1CCOCC1. The lowest BCUT2D eigenvalue weighted by atomic mass is 9.99. The Kier molecular flexibility index (Phi) is 6.29. The van der Waals surface area contributed by atoms with Crippen LogP contribution in [0.3, 0.4) is 0 Å². The van der Waals surface area contributed by atoms with Crippen LogP contribution in [0.5, 0.6) is 0 Å². The van der Waals surface area contributed by atoms with Crippen LogP contribution in [-0.2, 0) is 14.8 Å². The molecule has 1 aromatic rings. The summed E-state index contributed by atoms with van der Waals surface area (Å²) in [4.78, 5) is 12.7. The van der Waals surface area contributed by atoms with Crippen molar-refractivity contribution < 1.29 is 17.9 Å². The summed E-state index contributed by atoms with van der Waals surface area (Å²) < 4.78 is 32.5. The van der Waals surface area contributed by atoms with E-state index in [4.69, 9.17) is 4.74 Å². The normalized spacial score (nSPS) is 22.1. The minimum absolute atomic E-state index is 0.200. The van der Waals surface area contributed by atoms with Crippen molar-refractivity contribution in [2.45, 2.75) is 24.7 Å². The van der Waals surface area contributed by atoms with Crippen LogP contribution in [0.1, 0.15) is 28.8 Å². The Hall–Kier alpha value is -1.48. The van der Waals surface area contributed by atoms with Gasteiger partial charge in [-0.1, -0.05) is 6.07 Å². The van der Waals surface area contributed by atoms with E-state index in [0.29, 0.717) is 49.9 Å². The van der Waals surface area contributed by atoms with Crippen molar-refractivity contribution in [3.05, 3.63) is 29.3 Å². The van der Waals surface area contributed by atoms with E-state index in [1.54, 1.807) is 19.1 Å². The molecule has 0 saturated carbocycles. The molecule has 0 radical (unpaired) electrons. The molecule has 2 aliphatic heterocycles. The van der Waals surface area contributed by atoms with Gasteiger partial charge >= 0.3 is 0 Å². The summed E-state index contributed by atoms with van der Waals surface area (Å²) in [6.45, 7) is 5.77. The quantitative estimate of drug-likeness (QED) is 0.786. The number of nitrogens with zero attached hydrogens (tertiary/aromatic N) is 1. The second kappa shape index (κ2) is 8.47. The van der Waals surface area contributed by atoms with E-state index >= 15 is 0 Å². The molecule has 0 aliphatic carbocycles. The monoisotopic (exact) mass is 381 g/mol. The van der Waals surface area contributed by atoms with Crippen LogP contribution in [0.25, 0.3) is 0 Å². The number of benzene rings is 1. The number of hydrogen-bond acceptors (Lipinski definition) is 5. The molecule has 0 bridgehead atoms. The van der Waals surface area contributed by atoms with E-state index in [1.807, 2.05) is 0 Å². The van der Waals surface area contributed by atoms with Gasteiger partial charge in [0.1, 0.15) is 0 Å². The summed E-state index contributed by atoms with van der Waals surface area (Å²) >= 11 is 0. The molecule has 3 rings (SSSR count). The summed E-state index contributed by atoms with van der Waals surface area (Å²) in [6, 6.07) is 4.88. The number of ether oxygens (including phenoxy) is 1. The Morgan fingerprint density at radius 1 is 1.35 bits per heavy atom. The van der Waals surface area contributed by atoms with E-state index in [-0.39, 0.29) is 10.8 Å². The van der Waals surface area contributed by atoms with Gasteiger partial charge in [-0.3, -0.25) is 4.79 Å². The molecule has 7 nitrogen and oxygen atoms in total. The van der Waals surface area contributed by atoms with Gasteiger partial charge in [-0.2, -0.15) is 4.31 Å². The van der Waals surface area contributed by atoms with Gasteiger partial charge in [0.2, 0.25) is 10.0 Å². The molecular formula is C18H27N3O4S. The van der Waals surface area contributed by atoms with E-state index in [9.17, 15) is 13.2 Å². The van der Waals surface area contributed by atoms with Crippen LogP contribution >= 0.6 is 0 Å². The zero-order valence-electron chi connectivity index (χ0n) is 15.2. The van der Waals surface area contributed by atoms with Crippen molar-refractivity contribution in [1.29, 1.82) is 0 Å². The van der Waals surface area contributed by atoms with Crippen molar-refractivity contribution in [3.63, 3.8) is 0 Å². The molecule has 1 aromatic carbocycles. The fraction of sp³-hybridized carbons (Fsp3) is 0.611. The van der Waals surface area contributed by atoms with E-state index in [2.05, 4.69) is 10.6 Å². The lowest BCUT2D eigenvalue weighted by Crippen LogP contribution is -2.41. The first kappa shape index (κ1) is 19.3. The molecule has 144 valence electrons. The highest BCUT2D eigenvalue weighted by Crippen LogP contribution is 2.22. The van der Waals surface area contributed by atoms with E-state index in [0.717, 1.165) is 25.9 Å². The molecule has 26 heavy (non-hydrogen) atoms. The van der Waals surface area contributed by atoms with Crippen molar-refractivity contribution in [1.82, 2.24) is 14.9 Å². The van der Waals surface area contributed by atoms with Crippen LogP contribution in [0.15, 0.2) is 23.1 Å². The third-order valence-electron chi connectivity index (χ3n) is 4.99. The molecule has 1 amide bonds. The highest BCUT2D eigenvalue weighted by molar-refractivity contribution is 7.89. The number of nitrogens with one attached hydrogen (secondary N) is 2. The minimum Gasteiger partial charge on any atom is -0.379 e. The van der Waals surface area contributed by atoms with Crippen molar-refractivity contribution in [2.75, 3.05) is 45.9 Å². The molecule has 1 unspecified atom stereocenters. The first-order chi connectivity index (χ1) is 12.5. The Labute approximate surface area is 155 Å². The first-order valence-electron chi connectivity index (χ1n) is 9.16. The zero-order valence-corrected chi connectivity index (χ0v) is 16.0. The van der Waals surface area contributed by atoms with Gasteiger partial charge in [0.05, 0.1) is 18.1 Å². The molecule has 2 aliphatic rings. The average Bonchev–Trinajstić information content (AvgIpc) is 2.68. The predicted molar refractivity (Wildman–Crippen MR) is 98.7 cm³/mol. The second-order valence-electron chi connectivity index (χ2n) is 6.92. The van der Waals surface area contributed by atoms with Gasteiger partial charge < -0.3 is 15.4 Å². The number of hydrogen-bond donors (Lipinski definition) is 2. The average molecular weight is 381 g/mol. The maximum Gasteiger partial charge on any atom is 0.251 e. The summed E-state index contributed by atoms with van der Waals surface area (Å²) in [5.74, 6) is 0.198. The number of piperidine rings is 1. The first-order valence-corrected chi connectivity index (χ1v) is 10.6. The summed E-state index contributed by atoms with van der Waals surface area (Å²) in [6.07, 6.45) is 2.21. The molecule has 0 aromatic heterocycles. The standard InChI is InChI=1S/C18H27N3O4S/c1-14-4-5-16(18(22)20-13-15-3-2-6-19-12-15)11-17(14)26(23,24)21-7-9-25-10-8-21/h4-5,11,15,19H,2-3,6-10,12-13H2,1H3,(H,20,22). The summed E-state index contributed by atoms with van der Waals surface area (Å²) in [5, 5.41) is 6.26. The molecule has 2 saturated heterocycles. The third-order valence-corrected chi connectivity index (χ3v) is 7.03. The summed E-state index contributed by atoms with van der Waals surface area (Å²) in [7, 11) is -3.62. The molecular weight excluding hydrogens is 354 g/mol. The van der Waals surface area contributed by atoms with Gasteiger partial charge in [0.15, 0.2) is 0 Å². The Morgan fingerprint density at radius 3 is 2.81 bits per heavy atom. The number of carbonyl (C=O) groups excluding carboxylic acids is 1.